The third kappa shape index (κ3) is 3.64. The van der Waals surface area contributed by atoms with Crippen LogP contribution in [0.2, 0.25) is 0 Å². The molecule has 7 heteroatoms. The number of benzene rings is 2. The molecule has 1 amide bonds. The molecule has 1 aromatic heterocycles. The largest absolute Gasteiger partial charge is 0.388 e. The number of nitrogens with two attached hydrogens (primary N) is 1. The van der Waals surface area contributed by atoms with E-state index in [0.717, 1.165) is 39.0 Å². The van der Waals surface area contributed by atoms with Gasteiger partial charge in [-0.25, -0.2) is 0 Å². The standard InChI is InChI=1S/C21H20N4O2.CH5N/c1-12(11-26)9-25-10-19-17(7-15(22-3)8-18(19)21(25)27)14-4-5-20-16(6-14)13(2)23-24-20;1-2/h4-8,11,22H,1,9-10H2,2-3H3,(H,23,24);2H2,1H3. The highest BCUT2D eigenvalue weighted by Gasteiger charge is 2.30. The number of nitrogens with one attached hydrogen (secondary N) is 2. The molecule has 4 rings (SSSR count). The summed E-state index contributed by atoms with van der Waals surface area (Å²) < 4.78 is 0. The number of carbonyl (C=O) groups is 2. The number of aromatic amines is 1. The maximum atomic E-state index is 12.9. The number of rotatable bonds is 5. The zero-order valence-corrected chi connectivity index (χ0v) is 16.9. The van der Waals surface area contributed by atoms with Gasteiger partial charge in [-0.1, -0.05) is 12.6 Å². The number of aromatic nitrogens is 2. The Kier molecular flexibility index (Phi) is 5.79. The number of fused-ring (bicyclic) bond motifs is 2. The van der Waals surface area contributed by atoms with Crippen molar-refractivity contribution in [2.24, 2.45) is 5.73 Å². The molecule has 0 unspecified atom stereocenters. The van der Waals surface area contributed by atoms with Crippen LogP contribution in [0.25, 0.3) is 22.0 Å². The van der Waals surface area contributed by atoms with E-state index in [2.05, 4.69) is 40.0 Å². The number of nitrogens with zero attached hydrogens (tertiary/aromatic N) is 2. The van der Waals surface area contributed by atoms with E-state index in [4.69, 9.17) is 0 Å². The van der Waals surface area contributed by atoms with Crippen molar-refractivity contribution in [1.29, 1.82) is 0 Å². The number of anilines is 1. The fourth-order valence-corrected chi connectivity index (χ4v) is 3.58. The number of H-pyrrole nitrogens is 1. The summed E-state index contributed by atoms with van der Waals surface area (Å²) in [5.74, 6) is -0.0769. The van der Waals surface area contributed by atoms with Gasteiger partial charge in [-0.05, 0) is 54.9 Å². The Hall–Kier alpha value is -3.45. The number of hydrogen-bond acceptors (Lipinski definition) is 5. The van der Waals surface area contributed by atoms with Gasteiger partial charge in [0.2, 0.25) is 0 Å². The van der Waals surface area contributed by atoms with Crippen LogP contribution in [0.15, 0.2) is 42.5 Å². The summed E-state index contributed by atoms with van der Waals surface area (Å²) in [5, 5.41) is 11.5. The topological polar surface area (TPSA) is 104 Å². The second-order valence-electron chi connectivity index (χ2n) is 6.82. The molecule has 29 heavy (non-hydrogen) atoms. The fraction of sp³-hybridized carbons (Fsp3) is 0.227. The lowest BCUT2D eigenvalue weighted by Crippen LogP contribution is -2.26. The third-order valence-corrected chi connectivity index (χ3v) is 5.02. The number of aldehydes is 1. The van der Waals surface area contributed by atoms with Crippen LogP contribution in [0.1, 0.15) is 21.6 Å². The molecule has 1 aliphatic heterocycles. The number of hydrogen-bond donors (Lipinski definition) is 3. The van der Waals surface area contributed by atoms with E-state index in [1.807, 2.05) is 32.2 Å². The zero-order chi connectivity index (χ0) is 21.1. The molecular formula is C22H25N5O2. The Morgan fingerprint density at radius 2 is 2.03 bits per heavy atom. The van der Waals surface area contributed by atoms with Crippen molar-refractivity contribution < 1.29 is 9.59 Å². The van der Waals surface area contributed by atoms with E-state index < -0.39 is 0 Å². The quantitative estimate of drug-likeness (QED) is 0.458. The van der Waals surface area contributed by atoms with Gasteiger partial charge in [0, 0.05) is 48.0 Å². The van der Waals surface area contributed by atoms with Gasteiger partial charge in [-0.3, -0.25) is 14.7 Å². The average Bonchev–Trinajstić information content (AvgIpc) is 3.28. The summed E-state index contributed by atoms with van der Waals surface area (Å²) in [5.41, 5.74) is 11.4. The van der Waals surface area contributed by atoms with Crippen LogP contribution >= 0.6 is 0 Å². The van der Waals surface area contributed by atoms with Crippen LogP contribution in [0.3, 0.4) is 0 Å². The molecular weight excluding hydrogens is 366 g/mol. The van der Waals surface area contributed by atoms with Gasteiger partial charge in [0.25, 0.3) is 5.91 Å². The van der Waals surface area contributed by atoms with Gasteiger partial charge in [0.05, 0.1) is 5.52 Å². The lowest BCUT2D eigenvalue weighted by molar-refractivity contribution is -0.105. The zero-order valence-electron chi connectivity index (χ0n) is 16.9. The van der Waals surface area contributed by atoms with Crippen molar-refractivity contribution >= 4 is 28.8 Å². The van der Waals surface area contributed by atoms with Crippen LogP contribution in [0, 0.1) is 6.92 Å². The monoisotopic (exact) mass is 391 g/mol. The normalized spacial score (nSPS) is 12.4. The molecule has 1 aliphatic rings. The first-order valence-electron chi connectivity index (χ1n) is 9.31. The van der Waals surface area contributed by atoms with E-state index in [-0.39, 0.29) is 12.5 Å². The summed E-state index contributed by atoms with van der Waals surface area (Å²) in [6, 6.07) is 10.0. The van der Waals surface area contributed by atoms with Crippen LogP contribution < -0.4 is 11.1 Å². The van der Waals surface area contributed by atoms with Gasteiger partial charge < -0.3 is 16.0 Å². The molecule has 0 atom stereocenters. The number of aryl methyl sites for hydroxylation is 1. The first-order valence-corrected chi connectivity index (χ1v) is 9.31. The van der Waals surface area contributed by atoms with Crippen molar-refractivity contribution in [2.45, 2.75) is 13.5 Å². The summed E-state index contributed by atoms with van der Waals surface area (Å²) in [4.78, 5) is 25.4. The van der Waals surface area contributed by atoms with Gasteiger partial charge >= 0.3 is 0 Å². The van der Waals surface area contributed by atoms with Crippen molar-refractivity contribution in [1.82, 2.24) is 15.1 Å². The summed E-state index contributed by atoms with van der Waals surface area (Å²) in [6.07, 6.45) is 0.700. The molecule has 150 valence electrons. The molecule has 0 fully saturated rings. The molecule has 3 aromatic rings. The highest BCUT2D eigenvalue weighted by Crippen LogP contribution is 2.37. The molecule has 0 saturated heterocycles. The minimum Gasteiger partial charge on any atom is -0.388 e. The van der Waals surface area contributed by atoms with E-state index >= 15 is 0 Å². The maximum absolute atomic E-state index is 12.9. The van der Waals surface area contributed by atoms with Crippen molar-refractivity contribution in [3.05, 3.63) is 59.3 Å². The van der Waals surface area contributed by atoms with Crippen molar-refractivity contribution in [3.8, 4) is 11.1 Å². The van der Waals surface area contributed by atoms with Crippen LogP contribution in [0.5, 0.6) is 0 Å². The SMILES string of the molecule is C=C(C=O)CN1Cc2c(cc(NC)cc2-c2ccc3n[nH]c(C)c3c2)C1=O.CN. The van der Waals surface area contributed by atoms with E-state index in [0.29, 0.717) is 24.0 Å². The van der Waals surface area contributed by atoms with E-state index in [1.165, 1.54) is 7.05 Å². The Balaban J connectivity index is 0.00000117. The fourth-order valence-electron chi connectivity index (χ4n) is 3.58. The second kappa shape index (κ2) is 8.28. The predicted molar refractivity (Wildman–Crippen MR) is 116 cm³/mol. The first kappa shape index (κ1) is 20.3. The van der Waals surface area contributed by atoms with Gasteiger partial charge in [-0.15, -0.1) is 0 Å². The summed E-state index contributed by atoms with van der Waals surface area (Å²) in [7, 11) is 3.33. The van der Waals surface area contributed by atoms with Crippen LogP contribution in [-0.4, -0.2) is 47.9 Å². The number of amides is 1. The Bertz CT molecular complexity index is 1100. The van der Waals surface area contributed by atoms with Crippen molar-refractivity contribution in [3.63, 3.8) is 0 Å². The molecule has 0 radical (unpaired) electrons. The lowest BCUT2D eigenvalue weighted by atomic mass is 9.95. The first-order chi connectivity index (χ1) is 14.0. The Morgan fingerprint density at radius 3 is 2.72 bits per heavy atom. The summed E-state index contributed by atoms with van der Waals surface area (Å²) >= 11 is 0. The van der Waals surface area contributed by atoms with Gasteiger partial charge in [0.1, 0.15) is 6.29 Å². The predicted octanol–water partition coefficient (Wildman–Crippen LogP) is 2.87. The lowest BCUT2D eigenvalue weighted by Gasteiger charge is -2.15. The molecule has 0 aliphatic carbocycles. The molecule has 0 spiro atoms. The minimum absolute atomic E-state index is 0.0769. The van der Waals surface area contributed by atoms with Gasteiger partial charge in [0.15, 0.2) is 0 Å². The van der Waals surface area contributed by atoms with Crippen molar-refractivity contribution in [2.75, 3.05) is 26.0 Å². The smallest absolute Gasteiger partial charge is 0.254 e. The minimum atomic E-state index is -0.0769. The van der Waals surface area contributed by atoms with Crippen LogP contribution in [-0.2, 0) is 11.3 Å². The molecule has 2 heterocycles. The number of carbonyl (C=O) groups excluding carboxylic acids is 2. The highest BCUT2D eigenvalue weighted by atomic mass is 16.2. The Morgan fingerprint density at radius 1 is 1.31 bits per heavy atom. The third-order valence-electron chi connectivity index (χ3n) is 5.02. The molecule has 0 saturated carbocycles. The molecule has 0 bridgehead atoms. The molecule has 4 N–H and O–H groups in total. The average molecular weight is 391 g/mol. The van der Waals surface area contributed by atoms with Crippen LogP contribution in [0.4, 0.5) is 5.69 Å². The second-order valence-corrected chi connectivity index (χ2v) is 6.82. The molecule has 2 aromatic carbocycles. The highest BCUT2D eigenvalue weighted by molar-refractivity contribution is 6.02. The summed E-state index contributed by atoms with van der Waals surface area (Å²) in [6.45, 7) is 6.39. The molecule has 7 nitrogen and oxygen atoms in total. The van der Waals surface area contributed by atoms with E-state index in [1.54, 1.807) is 4.90 Å². The Labute approximate surface area is 169 Å². The maximum Gasteiger partial charge on any atom is 0.254 e. The van der Waals surface area contributed by atoms with E-state index in [9.17, 15) is 9.59 Å². The van der Waals surface area contributed by atoms with Gasteiger partial charge in [-0.2, -0.15) is 5.10 Å².